The second kappa shape index (κ2) is 6.26. The Morgan fingerprint density at radius 3 is 2.55 bits per heavy atom. The molecule has 1 aromatic heterocycles. The zero-order valence-corrected chi connectivity index (χ0v) is 11.9. The van der Waals surface area contributed by atoms with E-state index in [9.17, 15) is 9.18 Å². The summed E-state index contributed by atoms with van der Waals surface area (Å²) >= 11 is 0. The lowest BCUT2D eigenvalue weighted by Crippen LogP contribution is -2.23. The van der Waals surface area contributed by atoms with E-state index in [1.54, 1.807) is 30.3 Å². The third kappa shape index (κ3) is 3.06. The number of amides is 1. The zero-order chi connectivity index (χ0) is 15.4. The summed E-state index contributed by atoms with van der Waals surface area (Å²) in [6.07, 6.45) is 3.83. The molecule has 110 valence electrons. The molecule has 0 aliphatic rings. The van der Waals surface area contributed by atoms with Gasteiger partial charge in [-0.1, -0.05) is 24.3 Å². The van der Waals surface area contributed by atoms with Gasteiger partial charge in [-0.15, -0.1) is 0 Å². The molecule has 2 aromatic carbocycles. The number of rotatable bonds is 4. The van der Waals surface area contributed by atoms with Crippen LogP contribution in [0.4, 0.5) is 4.39 Å². The summed E-state index contributed by atoms with van der Waals surface area (Å²) in [4.78, 5) is 12.2. The van der Waals surface area contributed by atoms with Crippen LogP contribution in [-0.2, 0) is 6.54 Å². The van der Waals surface area contributed by atoms with Crippen LogP contribution in [0.3, 0.4) is 0 Å². The Kier molecular flexibility index (Phi) is 4.01. The second-order valence-corrected chi connectivity index (χ2v) is 4.91. The summed E-state index contributed by atoms with van der Waals surface area (Å²) in [6, 6.07) is 17.6. The third-order valence-electron chi connectivity index (χ3n) is 3.41. The van der Waals surface area contributed by atoms with Crippen LogP contribution in [0.2, 0.25) is 0 Å². The van der Waals surface area contributed by atoms with E-state index in [-0.39, 0.29) is 18.3 Å². The fourth-order valence-corrected chi connectivity index (χ4v) is 2.23. The Balaban J connectivity index is 1.73. The lowest BCUT2D eigenvalue weighted by Gasteiger charge is -2.08. The van der Waals surface area contributed by atoms with Crippen LogP contribution < -0.4 is 5.32 Å². The minimum atomic E-state index is -0.316. The summed E-state index contributed by atoms with van der Waals surface area (Å²) in [5.41, 5.74) is 1.92. The zero-order valence-electron chi connectivity index (χ0n) is 11.9. The highest BCUT2D eigenvalue weighted by atomic mass is 19.1. The highest BCUT2D eigenvalue weighted by Crippen LogP contribution is 2.12. The number of carbonyl (C=O) groups excluding carboxylic acids is 1. The normalized spacial score (nSPS) is 10.4. The van der Waals surface area contributed by atoms with Crippen LogP contribution >= 0.6 is 0 Å². The Bertz CT molecular complexity index is 781. The molecule has 1 heterocycles. The van der Waals surface area contributed by atoms with Gasteiger partial charge in [-0.2, -0.15) is 0 Å². The molecule has 0 aliphatic carbocycles. The monoisotopic (exact) mass is 294 g/mol. The molecule has 0 unspecified atom stereocenters. The number of benzene rings is 2. The second-order valence-electron chi connectivity index (χ2n) is 4.91. The molecular weight excluding hydrogens is 279 g/mol. The van der Waals surface area contributed by atoms with Crippen LogP contribution in [0.5, 0.6) is 0 Å². The molecule has 0 saturated heterocycles. The number of halogens is 1. The van der Waals surface area contributed by atoms with Crippen LogP contribution in [0.1, 0.15) is 15.9 Å². The summed E-state index contributed by atoms with van der Waals surface area (Å²) < 4.78 is 15.5. The molecule has 3 rings (SSSR count). The SMILES string of the molecule is O=C(NCc1ccccc1F)c1cccc(-n2cccc2)c1. The van der Waals surface area contributed by atoms with Crippen LogP contribution in [-0.4, -0.2) is 10.5 Å². The Hall–Kier alpha value is -2.88. The minimum Gasteiger partial charge on any atom is -0.348 e. The van der Waals surface area contributed by atoms with Gasteiger partial charge >= 0.3 is 0 Å². The van der Waals surface area contributed by atoms with Crippen molar-refractivity contribution in [3.05, 3.63) is 90.0 Å². The van der Waals surface area contributed by atoms with Gasteiger partial charge in [0.2, 0.25) is 0 Å². The molecular formula is C18H15FN2O. The number of nitrogens with zero attached hydrogens (tertiary/aromatic N) is 1. The molecule has 0 bridgehead atoms. The van der Waals surface area contributed by atoms with Crippen LogP contribution in [0.15, 0.2) is 73.1 Å². The Labute approximate surface area is 128 Å². The van der Waals surface area contributed by atoms with Gasteiger partial charge in [0, 0.05) is 35.8 Å². The van der Waals surface area contributed by atoms with Crippen molar-refractivity contribution in [1.29, 1.82) is 0 Å². The van der Waals surface area contributed by atoms with Crippen molar-refractivity contribution in [1.82, 2.24) is 9.88 Å². The quantitative estimate of drug-likeness (QED) is 0.784. The predicted octanol–water partition coefficient (Wildman–Crippen LogP) is 3.55. The number of aromatic nitrogens is 1. The predicted molar refractivity (Wildman–Crippen MR) is 83.3 cm³/mol. The van der Waals surface area contributed by atoms with Gasteiger partial charge in [0.05, 0.1) is 0 Å². The molecule has 3 aromatic rings. The van der Waals surface area contributed by atoms with E-state index in [1.807, 2.05) is 41.2 Å². The number of carbonyl (C=O) groups is 1. The highest BCUT2D eigenvalue weighted by molar-refractivity contribution is 5.94. The molecule has 0 aliphatic heterocycles. The fraction of sp³-hybridized carbons (Fsp3) is 0.0556. The number of hydrogen-bond donors (Lipinski definition) is 1. The van der Waals surface area contributed by atoms with Gasteiger partial charge < -0.3 is 9.88 Å². The van der Waals surface area contributed by atoms with Crippen molar-refractivity contribution in [3.8, 4) is 5.69 Å². The van der Waals surface area contributed by atoms with Gasteiger partial charge in [-0.05, 0) is 36.4 Å². The molecule has 0 fully saturated rings. The van der Waals surface area contributed by atoms with Gasteiger partial charge in [0.25, 0.3) is 5.91 Å². The third-order valence-corrected chi connectivity index (χ3v) is 3.41. The summed E-state index contributed by atoms with van der Waals surface area (Å²) in [5.74, 6) is -0.541. The fourth-order valence-electron chi connectivity index (χ4n) is 2.23. The summed E-state index contributed by atoms with van der Waals surface area (Å²) in [6.45, 7) is 0.166. The molecule has 1 amide bonds. The lowest BCUT2D eigenvalue weighted by atomic mass is 10.1. The smallest absolute Gasteiger partial charge is 0.251 e. The minimum absolute atomic E-state index is 0.166. The van der Waals surface area contributed by atoms with E-state index in [2.05, 4.69) is 5.32 Å². The van der Waals surface area contributed by atoms with Crippen LogP contribution in [0.25, 0.3) is 5.69 Å². The Morgan fingerprint density at radius 1 is 1.00 bits per heavy atom. The van der Waals surface area contributed by atoms with Crippen molar-refractivity contribution in [2.24, 2.45) is 0 Å². The summed E-state index contributed by atoms with van der Waals surface area (Å²) in [5, 5.41) is 2.74. The maximum absolute atomic E-state index is 13.5. The van der Waals surface area contributed by atoms with E-state index in [0.29, 0.717) is 11.1 Å². The first kappa shape index (κ1) is 14.1. The van der Waals surface area contributed by atoms with Crippen molar-refractivity contribution in [3.63, 3.8) is 0 Å². The molecule has 0 spiro atoms. The number of hydrogen-bond acceptors (Lipinski definition) is 1. The highest BCUT2D eigenvalue weighted by Gasteiger charge is 2.08. The van der Waals surface area contributed by atoms with Crippen LogP contribution in [0, 0.1) is 5.82 Å². The molecule has 0 atom stereocenters. The Morgan fingerprint density at radius 2 is 1.77 bits per heavy atom. The van der Waals surface area contributed by atoms with E-state index < -0.39 is 0 Å². The molecule has 22 heavy (non-hydrogen) atoms. The largest absolute Gasteiger partial charge is 0.348 e. The van der Waals surface area contributed by atoms with Crippen molar-refractivity contribution in [2.75, 3.05) is 0 Å². The van der Waals surface area contributed by atoms with Crippen molar-refractivity contribution < 1.29 is 9.18 Å². The van der Waals surface area contributed by atoms with E-state index in [1.165, 1.54) is 6.07 Å². The summed E-state index contributed by atoms with van der Waals surface area (Å²) in [7, 11) is 0. The van der Waals surface area contributed by atoms with E-state index in [4.69, 9.17) is 0 Å². The van der Waals surface area contributed by atoms with Crippen molar-refractivity contribution >= 4 is 5.91 Å². The first-order chi connectivity index (χ1) is 10.7. The van der Waals surface area contributed by atoms with Gasteiger partial charge in [0.15, 0.2) is 0 Å². The van der Waals surface area contributed by atoms with Gasteiger partial charge in [-0.3, -0.25) is 4.79 Å². The van der Waals surface area contributed by atoms with Gasteiger partial charge in [0.1, 0.15) is 5.82 Å². The first-order valence-electron chi connectivity index (χ1n) is 6.99. The van der Waals surface area contributed by atoms with Crippen molar-refractivity contribution in [2.45, 2.75) is 6.54 Å². The van der Waals surface area contributed by atoms with E-state index in [0.717, 1.165) is 5.69 Å². The molecule has 0 saturated carbocycles. The molecule has 4 heteroatoms. The first-order valence-corrected chi connectivity index (χ1v) is 6.99. The maximum Gasteiger partial charge on any atom is 0.251 e. The maximum atomic E-state index is 13.5. The number of nitrogens with one attached hydrogen (secondary N) is 1. The average molecular weight is 294 g/mol. The lowest BCUT2D eigenvalue weighted by molar-refractivity contribution is 0.0950. The topological polar surface area (TPSA) is 34.0 Å². The average Bonchev–Trinajstić information content (AvgIpc) is 3.08. The standard InChI is InChI=1S/C18H15FN2O/c19-17-9-2-1-6-15(17)13-20-18(22)14-7-5-8-16(12-14)21-10-3-4-11-21/h1-12H,13H2,(H,20,22). The van der Waals surface area contributed by atoms with Gasteiger partial charge in [-0.25, -0.2) is 4.39 Å². The molecule has 0 radical (unpaired) electrons. The van der Waals surface area contributed by atoms with E-state index >= 15 is 0 Å². The molecule has 3 nitrogen and oxygen atoms in total. The molecule has 1 N–H and O–H groups in total.